The summed E-state index contributed by atoms with van der Waals surface area (Å²) in [5.74, 6) is 1.31. The standard InChI is InChI=1S/C49H46N2O/c1-33(2)41-28-19-29-42(34(3)4)47(41)50-49(51-35(5)30-31-36(51)6)52-48-45(39-24-15-9-16-25-39)43(37-20-11-7-12-21-37)32-44(38-22-13-8-14-23-38)46(48)40-26-17-10-18-27-40/h7-34H,1-6H3. The van der Waals surface area contributed by atoms with Crippen molar-refractivity contribution in [1.82, 2.24) is 4.57 Å². The Morgan fingerprint density at radius 2 is 0.865 bits per heavy atom. The monoisotopic (exact) mass is 678 g/mol. The number of nitrogens with zero attached hydrogens (tertiary/aromatic N) is 2. The van der Waals surface area contributed by atoms with Crippen LogP contribution in [0, 0.1) is 13.8 Å². The van der Waals surface area contributed by atoms with Gasteiger partial charge in [-0.05, 0) is 88.4 Å². The van der Waals surface area contributed by atoms with Gasteiger partial charge in [-0.25, -0.2) is 0 Å². The average Bonchev–Trinajstić information content (AvgIpc) is 3.52. The first-order chi connectivity index (χ1) is 25.3. The lowest BCUT2D eigenvalue weighted by atomic mass is 9.84. The van der Waals surface area contributed by atoms with Crippen LogP contribution >= 0.6 is 0 Å². The van der Waals surface area contributed by atoms with Gasteiger partial charge in [-0.3, -0.25) is 4.57 Å². The molecule has 0 atom stereocenters. The van der Waals surface area contributed by atoms with E-state index in [0.717, 1.165) is 67.3 Å². The third-order valence-electron chi connectivity index (χ3n) is 9.78. The molecule has 7 aromatic rings. The summed E-state index contributed by atoms with van der Waals surface area (Å²) in [5, 5.41) is 0. The molecule has 6 aromatic carbocycles. The number of ether oxygens (including phenoxy) is 1. The number of para-hydroxylation sites is 1. The van der Waals surface area contributed by atoms with Crippen LogP contribution in [0.3, 0.4) is 0 Å². The first kappa shape index (κ1) is 34.5. The number of aliphatic imine (C=N–C) groups is 1. The minimum atomic E-state index is 0.274. The molecule has 0 spiro atoms. The van der Waals surface area contributed by atoms with Crippen LogP contribution in [-0.4, -0.2) is 10.6 Å². The Morgan fingerprint density at radius 3 is 1.25 bits per heavy atom. The Morgan fingerprint density at radius 1 is 0.481 bits per heavy atom. The predicted octanol–water partition coefficient (Wildman–Crippen LogP) is 13.6. The van der Waals surface area contributed by atoms with Crippen molar-refractivity contribution in [1.29, 1.82) is 0 Å². The van der Waals surface area contributed by atoms with E-state index in [1.54, 1.807) is 0 Å². The highest BCUT2D eigenvalue weighted by molar-refractivity contribution is 6.02. The molecular formula is C49H46N2O. The first-order valence-electron chi connectivity index (χ1n) is 18.3. The van der Waals surface area contributed by atoms with Crippen LogP contribution in [0.4, 0.5) is 5.69 Å². The fourth-order valence-corrected chi connectivity index (χ4v) is 7.15. The van der Waals surface area contributed by atoms with Gasteiger partial charge in [-0.15, -0.1) is 0 Å². The molecule has 0 amide bonds. The molecule has 0 aliphatic rings. The second-order valence-corrected chi connectivity index (χ2v) is 14.1. The molecule has 0 saturated carbocycles. The van der Waals surface area contributed by atoms with Gasteiger partial charge in [0.1, 0.15) is 5.75 Å². The van der Waals surface area contributed by atoms with Gasteiger partial charge in [-0.2, -0.15) is 4.99 Å². The predicted molar refractivity (Wildman–Crippen MR) is 220 cm³/mol. The highest BCUT2D eigenvalue weighted by atomic mass is 16.5. The van der Waals surface area contributed by atoms with E-state index in [9.17, 15) is 0 Å². The Balaban J connectivity index is 1.65. The largest absolute Gasteiger partial charge is 0.424 e. The summed E-state index contributed by atoms with van der Waals surface area (Å²) < 4.78 is 9.76. The lowest BCUT2D eigenvalue weighted by Crippen LogP contribution is -2.23. The van der Waals surface area contributed by atoms with Crippen molar-refractivity contribution in [3.05, 3.63) is 180 Å². The quantitative estimate of drug-likeness (QED) is 0.116. The zero-order chi connectivity index (χ0) is 36.2. The van der Waals surface area contributed by atoms with E-state index in [2.05, 4.69) is 204 Å². The van der Waals surface area contributed by atoms with Gasteiger partial charge in [0.05, 0.1) is 5.69 Å². The third kappa shape index (κ3) is 6.87. The highest BCUT2D eigenvalue weighted by Crippen LogP contribution is 2.50. The summed E-state index contributed by atoms with van der Waals surface area (Å²) in [6.07, 6.45) is 0. The maximum atomic E-state index is 7.60. The van der Waals surface area contributed by atoms with Gasteiger partial charge >= 0.3 is 6.02 Å². The molecule has 1 heterocycles. The van der Waals surface area contributed by atoms with Crippen molar-refractivity contribution in [2.75, 3.05) is 0 Å². The minimum absolute atomic E-state index is 0.274. The maximum absolute atomic E-state index is 7.60. The summed E-state index contributed by atoms with van der Waals surface area (Å²) in [5.41, 5.74) is 14.0. The van der Waals surface area contributed by atoms with Crippen molar-refractivity contribution in [2.45, 2.75) is 53.4 Å². The fourth-order valence-electron chi connectivity index (χ4n) is 7.15. The Bertz CT molecular complexity index is 2170. The molecule has 258 valence electrons. The number of aromatic nitrogens is 1. The second-order valence-electron chi connectivity index (χ2n) is 14.1. The molecule has 0 unspecified atom stereocenters. The number of hydrogen-bond acceptors (Lipinski definition) is 2. The normalized spacial score (nSPS) is 11.7. The van der Waals surface area contributed by atoms with Gasteiger partial charge in [0.15, 0.2) is 0 Å². The summed E-state index contributed by atoms with van der Waals surface area (Å²) in [6, 6.07) is 56.3. The summed E-state index contributed by atoms with van der Waals surface area (Å²) >= 11 is 0. The van der Waals surface area contributed by atoms with Crippen LogP contribution < -0.4 is 4.74 Å². The van der Waals surface area contributed by atoms with Crippen molar-refractivity contribution in [3.63, 3.8) is 0 Å². The molecule has 52 heavy (non-hydrogen) atoms. The highest BCUT2D eigenvalue weighted by Gasteiger charge is 2.27. The molecule has 0 bridgehead atoms. The van der Waals surface area contributed by atoms with E-state index in [1.165, 1.54) is 11.1 Å². The molecule has 0 N–H and O–H groups in total. The SMILES string of the molecule is Cc1ccc(C)n1C(=Nc1c(C(C)C)cccc1C(C)C)Oc1c(-c2ccccc2)c(-c2ccccc2)cc(-c2ccccc2)c1-c1ccccc1. The second kappa shape index (κ2) is 15.1. The van der Waals surface area contributed by atoms with E-state index in [1.807, 2.05) is 0 Å². The summed E-state index contributed by atoms with van der Waals surface area (Å²) in [6.45, 7) is 13.2. The van der Waals surface area contributed by atoms with E-state index < -0.39 is 0 Å². The van der Waals surface area contributed by atoms with E-state index in [4.69, 9.17) is 9.73 Å². The Hall–Kier alpha value is -5.93. The topological polar surface area (TPSA) is 26.5 Å². The minimum Gasteiger partial charge on any atom is -0.424 e. The molecule has 0 radical (unpaired) electrons. The van der Waals surface area contributed by atoms with Crippen molar-refractivity contribution < 1.29 is 4.74 Å². The number of rotatable bonds is 8. The van der Waals surface area contributed by atoms with Crippen LogP contribution in [-0.2, 0) is 0 Å². The number of aryl methyl sites for hydroxylation is 2. The van der Waals surface area contributed by atoms with Gasteiger partial charge < -0.3 is 4.74 Å². The zero-order valence-electron chi connectivity index (χ0n) is 31.0. The zero-order valence-corrected chi connectivity index (χ0v) is 31.0. The van der Waals surface area contributed by atoms with Crippen molar-refractivity contribution in [3.8, 4) is 50.3 Å². The molecular weight excluding hydrogens is 633 g/mol. The van der Waals surface area contributed by atoms with Crippen molar-refractivity contribution >= 4 is 11.7 Å². The maximum Gasteiger partial charge on any atom is 0.307 e. The van der Waals surface area contributed by atoms with Crippen LogP contribution in [0.1, 0.15) is 62.0 Å². The smallest absolute Gasteiger partial charge is 0.307 e. The van der Waals surface area contributed by atoms with E-state index in [-0.39, 0.29) is 11.8 Å². The summed E-state index contributed by atoms with van der Waals surface area (Å²) in [4.78, 5) is 5.59. The van der Waals surface area contributed by atoms with Crippen LogP contribution in [0.5, 0.6) is 5.75 Å². The molecule has 7 rings (SSSR count). The molecule has 0 saturated heterocycles. The molecule has 3 nitrogen and oxygen atoms in total. The van der Waals surface area contributed by atoms with Gasteiger partial charge in [0.25, 0.3) is 0 Å². The number of hydrogen-bond donors (Lipinski definition) is 0. The van der Waals surface area contributed by atoms with Gasteiger partial charge in [0, 0.05) is 22.5 Å². The average molecular weight is 679 g/mol. The van der Waals surface area contributed by atoms with Gasteiger partial charge in [-0.1, -0.05) is 167 Å². The molecule has 0 aliphatic carbocycles. The number of benzene rings is 6. The van der Waals surface area contributed by atoms with Crippen LogP contribution in [0.15, 0.2) is 163 Å². The summed E-state index contributed by atoms with van der Waals surface area (Å²) in [7, 11) is 0. The Labute approximate surface area is 308 Å². The van der Waals surface area contributed by atoms with Crippen LogP contribution in [0.25, 0.3) is 44.5 Å². The van der Waals surface area contributed by atoms with Gasteiger partial charge in [0.2, 0.25) is 0 Å². The van der Waals surface area contributed by atoms with Crippen molar-refractivity contribution in [2.24, 2.45) is 4.99 Å². The Kier molecular flexibility index (Phi) is 10.0. The fraction of sp³-hybridized carbons (Fsp3) is 0.163. The van der Waals surface area contributed by atoms with Crippen LogP contribution in [0.2, 0.25) is 0 Å². The molecule has 0 aliphatic heterocycles. The van der Waals surface area contributed by atoms with E-state index in [0.29, 0.717) is 6.02 Å². The van der Waals surface area contributed by atoms with E-state index >= 15 is 0 Å². The molecule has 1 aromatic heterocycles. The molecule has 0 fully saturated rings. The first-order valence-corrected chi connectivity index (χ1v) is 18.3. The molecule has 3 heteroatoms. The third-order valence-corrected chi connectivity index (χ3v) is 9.78. The lowest BCUT2D eigenvalue weighted by molar-refractivity contribution is 0.524. The lowest BCUT2D eigenvalue weighted by Gasteiger charge is -2.25.